The summed E-state index contributed by atoms with van der Waals surface area (Å²) in [6.45, 7) is 8.11. The number of benzene rings is 1. The number of anilines is 1. The van der Waals surface area contributed by atoms with E-state index in [0.717, 1.165) is 17.9 Å². The Bertz CT molecular complexity index is 623. The van der Waals surface area contributed by atoms with Crippen LogP contribution in [0.1, 0.15) is 32.3 Å². The van der Waals surface area contributed by atoms with Crippen molar-refractivity contribution in [1.82, 2.24) is 9.88 Å². The molecule has 0 radical (unpaired) electrons. The van der Waals surface area contributed by atoms with Gasteiger partial charge < -0.3 is 5.32 Å². The number of pyridine rings is 1. The minimum Gasteiger partial charge on any atom is -0.373 e. The molecule has 3 heteroatoms. The molecule has 21 heavy (non-hydrogen) atoms. The third-order valence-electron chi connectivity index (χ3n) is 4.64. The highest BCUT2D eigenvalue weighted by Gasteiger charge is 2.25. The number of nitrogens with one attached hydrogen (secondary N) is 1. The van der Waals surface area contributed by atoms with Crippen LogP contribution in [0.2, 0.25) is 0 Å². The zero-order valence-electron chi connectivity index (χ0n) is 13.3. The summed E-state index contributed by atoms with van der Waals surface area (Å²) in [5, 5.41) is 4.48. The molecule has 1 fully saturated rings. The molecular weight excluding hydrogens is 258 g/mol. The van der Waals surface area contributed by atoms with E-state index in [1.54, 1.807) is 0 Å². The Balaban J connectivity index is 1.83. The Hall–Kier alpha value is -1.61. The first-order valence-electron chi connectivity index (χ1n) is 7.86. The third-order valence-corrected chi connectivity index (χ3v) is 4.64. The maximum atomic E-state index is 4.75. The van der Waals surface area contributed by atoms with E-state index in [0.29, 0.717) is 5.41 Å². The van der Waals surface area contributed by atoms with Crippen LogP contribution < -0.4 is 5.32 Å². The van der Waals surface area contributed by atoms with E-state index < -0.39 is 0 Å². The van der Waals surface area contributed by atoms with Crippen molar-refractivity contribution in [2.75, 3.05) is 25.5 Å². The second-order valence-corrected chi connectivity index (χ2v) is 6.88. The zero-order chi connectivity index (χ0) is 14.9. The number of piperidine rings is 1. The lowest BCUT2D eigenvalue weighted by atomic mass is 9.82. The minimum atomic E-state index is 0.504. The molecule has 2 heterocycles. The Morgan fingerprint density at radius 2 is 1.90 bits per heavy atom. The summed E-state index contributed by atoms with van der Waals surface area (Å²) in [6.07, 6.45) is 2.56. The Morgan fingerprint density at radius 3 is 2.62 bits per heavy atom. The van der Waals surface area contributed by atoms with Crippen LogP contribution in [0.3, 0.4) is 0 Å². The monoisotopic (exact) mass is 283 g/mol. The lowest BCUT2D eigenvalue weighted by Gasteiger charge is -2.37. The van der Waals surface area contributed by atoms with Gasteiger partial charge in [0.25, 0.3) is 0 Å². The van der Waals surface area contributed by atoms with Crippen LogP contribution in [0.5, 0.6) is 0 Å². The molecule has 1 aliphatic heterocycles. The number of hydrogen-bond acceptors (Lipinski definition) is 3. The van der Waals surface area contributed by atoms with Gasteiger partial charge in [-0.25, -0.2) is 4.98 Å². The van der Waals surface area contributed by atoms with Gasteiger partial charge in [0.2, 0.25) is 0 Å². The Kier molecular flexibility index (Phi) is 3.85. The van der Waals surface area contributed by atoms with Crippen molar-refractivity contribution in [2.45, 2.75) is 33.2 Å². The normalized spacial score (nSPS) is 18.8. The maximum Gasteiger partial charge on any atom is 0.130 e. The highest BCUT2D eigenvalue weighted by Crippen LogP contribution is 2.31. The minimum absolute atomic E-state index is 0.504. The van der Waals surface area contributed by atoms with Crippen LogP contribution >= 0.6 is 0 Å². The molecule has 1 N–H and O–H groups in total. The molecule has 112 valence electrons. The maximum absolute atomic E-state index is 4.75. The standard InChI is InChI=1S/C18H25N3/c1-18(2)8-10-21(11-9-18)13-15-12-14-6-4-5-7-16(14)20-17(15)19-3/h4-7,12H,8-11,13H2,1-3H3,(H,19,20). The fourth-order valence-electron chi connectivity index (χ4n) is 3.05. The van der Waals surface area contributed by atoms with Crippen LogP contribution in [-0.4, -0.2) is 30.0 Å². The predicted octanol–water partition coefficient (Wildman–Crippen LogP) is 3.90. The van der Waals surface area contributed by atoms with Crippen molar-refractivity contribution in [3.05, 3.63) is 35.9 Å². The molecule has 0 bridgehead atoms. The van der Waals surface area contributed by atoms with Gasteiger partial charge in [-0.3, -0.25) is 4.90 Å². The molecule has 0 saturated carbocycles. The van der Waals surface area contributed by atoms with Gasteiger partial charge in [0, 0.05) is 24.5 Å². The van der Waals surface area contributed by atoms with Gasteiger partial charge in [0.15, 0.2) is 0 Å². The average Bonchev–Trinajstić information content (AvgIpc) is 2.48. The van der Waals surface area contributed by atoms with Crippen LogP contribution in [0.4, 0.5) is 5.82 Å². The van der Waals surface area contributed by atoms with E-state index in [4.69, 9.17) is 4.98 Å². The van der Waals surface area contributed by atoms with Crippen LogP contribution in [-0.2, 0) is 6.54 Å². The van der Waals surface area contributed by atoms with E-state index in [2.05, 4.69) is 48.3 Å². The first kappa shape index (κ1) is 14.3. The molecule has 0 atom stereocenters. The molecule has 1 saturated heterocycles. The number of para-hydroxylation sites is 1. The van der Waals surface area contributed by atoms with Gasteiger partial charge >= 0.3 is 0 Å². The van der Waals surface area contributed by atoms with Gasteiger partial charge in [-0.05, 0) is 43.5 Å². The molecule has 1 aromatic carbocycles. The lowest BCUT2D eigenvalue weighted by Crippen LogP contribution is -2.36. The predicted molar refractivity (Wildman–Crippen MR) is 89.6 cm³/mol. The summed E-state index contributed by atoms with van der Waals surface area (Å²) in [4.78, 5) is 7.30. The quantitative estimate of drug-likeness (QED) is 0.926. The summed E-state index contributed by atoms with van der Waals surface area (Å²) >= 11 is 0. The van der Waals surface area contributed by atoms with Gasteiger partial charge in [0.05, 0.1) is 5.52 Å². The summed E-state index contributed by atoms with van der Waals surface area (Å²) < 4.78 is 0. The molecule has 0 aliphatic carbocycles. The summed E-state index contributed by atoms with van der Waals surface area (Å²) in [5.74, 6) is 1.01. The number of hydrogen-bond donors (Lipinski definition) is 1. The molecular formula is C18H25N3. The SMILES string of the molecule is CNc1nc2ccccc2cc1CN1CCC(C)(C)CC1. The van der Waals surface area contributed by atoms with E-state index >= 15 is 0 Å². The fourth-order valence-corrected chi connectivity index (χ4v) is 3.05. The smallest absolute Gasteiger partial charge is 0.130 e. The largest absolute Gasteiger partial charge is 0.373 e. The lowest BCUT2D eigenvalue weighted by molar-refractivity contribution is 0.127. The van der Waals surface area contributed by atoms with E-state index in [-0.39, 0.29) is 0 Å². The van der Waals surface area contributed by atoms with Crippen molar-refractivity contribution in [3.63, 3.8) is 0 Å². The van der Waals surface area contributed by atoms with Gasteiger partial charge in [0.1, 0.15) is 5.82 Å². The van der Waals surface area contributed by atoms with Gasteiger partial charge in [-0.1, -0.05) is 32.0 Å². The zero-order valence-corrected chi connectivity index (χ0v) is 13.3. The van der Waals surface area contributed by atoms with Crippen LogP contribution in [0.25, 0.3) is 10.9 Å². The number of aromatic nitrogens is 1. The number of rotatable bonds is 3. The summed E-state index contributed by atoms with van der Waals surface area (Å²) in [5.41, 5.74) is 2.87. The van der Waals surface area contributed by atoms with Crippen molar-refractivity contribution < 1.29 is 0 Å². The highest BCUT2D eigenvalue weighted by molar-refractivity contribution is 5.81. The number of likely N-dealkylation sites (tertiary alicyclic amines) is 1. The molecule has 0 unspecified atom stereocenters. The van der Waals surface area contributed by atoms with Crippen LogP contribution in [0.15, 0.2) is 30.3 Å². The fraction of sp³-hybridized carbons (Fsp3) is 0.500. The molecule has 1 aromatic heterocycles. The molecule has 1 aliphatic rings. The van der Waals surface area contributed by atoms with E-state index in [1.165, 1.54) is 36.9 Å². The van der Waals surface area contributed by atoms with Crippen molar-refractivity contribution in [1.29, 1.82) is 0 Å². The molecule has 0 amide bonds. The molecule has 3 rings (SSSR count). The Labute approximate surface area is 127 Å². The van der Waals surface area contributed by atoms with Crippen molar-refractivity contribution >= 4 is 16.7 Å². The summed E-state index contributed by atoms with van der Waals surface area (Å²) in [7, 11) is 1.96. The number of nitrogens with zero attached hydrogens (tertiary/aromatic N) is 2. The first-order chi connectivity index (χ1) is 10.1. The second-order valence-electron chi connectivity index (χ2n) is 6.88. The van der Waals surface area contributed by atoms with E-state index in [1.807, 2.05) is 13.1 Å². The van der Waals surface area contributed by atoms with Crippen LogP contribution in [0, 0.1) is 5.41 Å². The number of fused-ring (bicyclic) bond motifs is 1. The molecule has 0 spiro atoms. The molecule has 2 aromatic rings. The van der Waals surface area contributed by atoms with Gasteiger partial charge in [-0.2, -0.15) is 0 Å². The van der Waals surface area contributed by atoms with E-state index in [9.17, 15) is 0 Å². The average molecular weight is 283 g/mol. The van der Waals surface area contributed by atoms with Crippen molar-refractivity contribution in [2.24, 2.45) is 5.41 Å². The third kappa shape index (κ3) is 3.18. The Morgan fingerprint density at radius 1 is 1.19 bits per heavy atom. The summed E-state index contributed by atoms with van der Waals surface area (Å²) in [6, 6.07) is 10.6. The second kappa shape index (κ2) is 5.64. The van der Waals surface area contributed by atoms with Crippen molar-refractivity contribution in [3.8, 4) is 0 Å². The molecule has 3 nitrogen and oxygen atoms in total. The van der Waals surface area contributed by atoms with Gasteiger partial charge in [-0.15, -0.1) is 0 Å². The first-order valence-corrected chi connectivity index (χ1v) is 7.86. The highest BCUT2D eigenvalue weighted by atomic mass is 15.1. The topological polar surface area (TPSA) is 28.2 Å².